The summed E-state index contributed by atoms with van der Waals surface area (Å²) >= 11 is 0. The van der Waals surface area contributed by atoms with E-state index in [9.17, 15) is 15.0 Å². The van der Waals surface area contributed by atoms with Crippen LogP contribution in [-0.4, -0.2) is 28.6 Å². The highest BCUT2D eigenvalue weighted by molar-refractivity contribution is 5.85. The highest BCUT2D eigenvalue weighted by Crippen LogP contribution is 2.42. The largest absolute Gasteiger partial charge is 0.429 e. The first kappa shape index (κ1) is 23.6. The summed E-state index contributed by atoms with van der Waals surface area (Å²) in [5.74, 6) is -0.453. The summed E-state index contributed by atoms with van der Waals surface area (Å²) in [4.78, 5) is 11.1. The Balaban J connectivity index is 1.76. The molecule has 29 heavy (non-hydrogen) atoms. The van der Waals surface area contributed by atoms with Gasteiger partial charge in [0.25, 0.3) is 0 Å². The molecule has 0 radical (unpaired) electrons. The quantitative estimate of drug-likeness (QED) is 0.394. The van der Waals surface area contributed by atoms with Gasteiger partial charge < -0.3 is 14.9 Å². The summed E-state index contributed by atoms with van der Waals surface area (Å²) in [6.45, 7) is 11.0. The van der Waals surface area contributed by atoms with E-state index in [1.54, 1.807) is 0 Å². The molecule has 1 aliphatic carbocycles. The lowest BCUT2D eigenvalue weighted by molar-refractivity contribution is -0.151. The Bertz CT molecular complexity index is 721. The van der Waals surface area contributed by atoms with Crippen molar-refractivity contribution in [3.63, 3.8) is 0 Å². The average Bonchev–Trinajstić information content (AvgIpc) is 2.95. The number of aliphatic hydroxyl groups is 2. The first-order valence-corrected chi connectivity index (χ1v) is 10.9. The van der Waals surface area contributed by atoms with Gasteiger partial charge in [0.2, 0.25) is 6.29 Å². The van der Waals surface area contributed by atoms with Crippen LogP contribution in [0.2, 0.25) is 0 Å². The molecular formula is C25H38O4. The van der Waals surface area contributed by atoms with Crippen molar-refractivity contribution in [2.45, 2.75) is 98.4 Å². The minimum absolute atomic E-state index is 0.195. The van der Waals surface area contributed by atoms with Crippen molar-refractivity contribution < 1.29 is 19.7 Å². The lowest BCUT2D eigenvalue weighted by atomic mass is 9.70. The molecule has 0 saturated heterocycles. The summed E-state index contributed by atoms with van der Waals surface area (Å²) in [7, 11) is 0. The number of cyclic esters (lactones) is 1. The monoisotopic (exact) mass is 402 g/mol. The van der Waals surface area contributed by atoms with E-state index in [1.165, 1.54) is 28.4 Å². The first-order valence-electron chi connectivity index (χ1n) is 10.9. The maximum absolute atomic E-state index is 11.1. The lowest BCUT2D eigenvalue weighted by Gasteiger charge is -2.37. The van der Waals surface area contributed by atoms with Crippen LogP contribution in [0.5, 0.6) is 0 Å². The van der Waals surface area contributed by atoms with Gasteiger partial charge in [0.15, 0.2) is 0 Å². The normalized spacial score (nSPS) is 25.3. The zero-order valence-electron chi connectivity index (χ0n) is 18.8. The number of rotatable bonds is 9. The third-order valence-electron chi connectivity index (χ3n) is 6.41. The van der Waals surface area contributed by atoms with Gasteiger partial charge in [0, 0.05) is 11.6 Å². The zero-order valence-corrected chi connectivity index (χ0v) is 18.8. The summed E-state index contributed by atoms with van der Waals surface area (Å²) in [6, 6.07) is 0. The van der Waals surface area contributed by atoms with Crippen molar-refractivity contribution in [1.82, 2.24) is 0 Å². The molecule has 2 aliphatic rings. The maximum Gasteiger partial charge on any atom is 0.333 e. The van der Waals surface area contributed by atoms with E-state index in [4.69, 9.17) is 4.74 Å². The highest BCUT2D eigenvalue weighted by Gasteiger charge is 2.31. The van der Waals surface area contributed by atoms with Crippen molar-refractivity contribution >= 4 is 5.97 Å². The predicted octanol–water partition coefficient (Wildman–Crippen LogP) is 5.52. The second kappa shape index (κ2) is 10.4. The molecule has 2 rings (SSSR count). The Labute approximate surface area is 176 Å². The summed E-state index contributed by atoms with van der Waals surface area (Å²) in [5.41, 5.74) is 6.21. The smallest absolute Gasteiger partial charge is 0.333 e. The Morgan fingerprint density at radius 2 is 1.79 bits per heavy atom. The van der Waals surface area contributed by atoms with E-state index in [-0.39, 0.29) is 11.5 Å². The molecule has 0 aromatic carbocycles. The SMILES string of the molecule is CC1=C(CC/C(C)=C/CC/C(C)=C/CCC2=CC(=O)OC2O)C(C)(C)CCC1O. The molecule has 1 aliphatic heterocycles. The second-order valence-corrected chi connectivity index (χ2v) is 9.29. The Morgan fingerprint density at radius 3 is 2.45 bits per heavy atom. The third kappa shape index (κ3) is 6.97. The minimum Gasteiger partial charge on any atom is -0.429 e. The molecule has 162 valence electrons. The van der Waals surface area contributed by atoms with Gasteiger partial charge in [-0.3, -0.25) is 0 Å². The molecular weight excluding hydrogens is 364 g/mol. The molecule has 0 aromatic rings. The predicted molar refractivity (Wildman–Crippen MR) is 117 cm³/mol. The van der Waals surface area contributed by atoms with Crippen LogP contribution in [-0.2, 0) is 9.53 Å². The standard InChI is InChI=1S/C25H38O4/c1-17(10-7-11-20-16-23(27)29-24(20)28)8-6-9-18(2)12-13-21-19(3)22(26)14-15-25(21,4)5/h9-10,16,22,24,26,28H,6-8,11-15H2,1-5H3/b17-10+,18-9+. The molecule has 2 N–H and O–H groups in total. The number of ether oxygens (including phenoxy) is 1. The van der Waals surface area contributed by atoms with Crippen molar-refractivity contribution in [2.75, 3.05) is 0 Å². The van der Waals surface area contributed by atoms with Gasteiger partial charge in [-0.05, 0) is 83.1 Å². The maximum atomic E-state index is 11.1. The summed E-state index contributed by atoms with van der Waals surface area (Å²) in [5, 5.41) is 19.8. The van der Waals surface area contributed by atoms with E-state index in [0.717, 1.165) is 44.9 Å². The van der Waals surface area contributed by atoms with Crippen LogP contribution >= 0.6 is 0 Å². The van der Waals surface area contributed by atoms with Crippen LogP contribution in [0, 0.1) is 5.41 Å². The zero-order chi connectivity index (χ0) is 21.6. The molecule has 0 bridgehead atoms. The molecule has 2 atom stereocenters. The highest BCUT2D eigenvalue weighted by atomic mass is 16.6. The summed E-state index contributed by atoms with van der Waals surface area (Å²) < 4.78 is 4.69. The first-order chi connectivity index (χ1) is 13.6. The second-order valence-electron chi connectivity index (χ2n) is 9.29. The van der Waals surface area contributed by atoms with Crippen molar-refractivity contribution in [1.29, 1.82) is 0 Å². The molecule has 4 heteroatoms. The van der Waals surface area contributed by atoms with Gasteiger partial charge in [-0.2, -0.15) is 0 Å². The molecule has 0 saturated carbocycles. The molecule has 1 heterocycles. The van der Waals surface area contributed by atoms with Gasteiger partial charge >= 0.3 is 5.97 Å². The molecule has 0 spiro atoms. The Hall–Kier alpha value is -1.65. The van der Waals surface area contributed by atoms with Crippen LogP contribution in [0.4, 0.5) is 0 Å². The average molecular weight is 403 g/mol. The molecule has 0 aromatic heterocycles. The lowest BCUT2D eigenvalue weighted by Crippen LogP contribution is -2.28. The van der Waals surface area contributed by atoms with Crippen LogP contribution in [0.25, 0.3) is 0 Å². The number of hydrogen-bond acceptors (Lipinski definition) is 4. The Morgan fingerprint density at radius 1 is 1.14 bits per heavy atom. The van der Waals surface area contributed by atoms with E-state index < -0.39 is 12.3 Å². The van der Waals surface area contributed by atoms with Crippen LogP contribution in [0.3, 0.4) is 0 Å². The van der Waals surface area contributed by atoms with Gasteiger partial charge in [-0.1, -0.05) is 42.7 Å². The number of aliphatic hydroxyl groups excluding tert-OH is 2. The van der Waals surface area contributed by atoms with Gasteiger partial charge in [0.05, 0.1) is 6.10 Å². The van der Waals surface area contributed by atoms with E-state index in [2.05, 4.69) is 46.8 Å². The van der Waals surface area contributed by atoms with E-state index in [0.29, 0.717) is 12.0 Å². The number of allylic oxidation sites excluding steroid dienone is 5. The third-order valence-corrected chi connectivity index (χ3v) is 6.41. The van der Waals surface area contributed by atoms with Gasteiger partial charge in [0.1, 0.15) is 0 Å². The fourth-order valence-electron chi connectivity index (χ4n) is 4.33. The molecule has 0 fully saturated rings. The van der Waals surface area contributed by atoms with Crippen molar-refractivity contribution in [3.05, 3.63) is 46.1 Å². The number of carbonyl (C=O) groups excluding carboxylic acids is 1. The molecule has 0 amide bonds. The fourth-order valence-corrected chi connectivity index (χ4v) is 4.33. The number of esters is 1. The number of carbonyl (C=O) groups is 1. The van der Waals surface area contributed by atoms with E-state index >= 15 is 0 Å². The Kier molecular flexibility index (Phi) is 8.47. The fraction of sp³-hybridized carbons (Fsp3) is 0.640. The van der Waals surface area contributed by atoms with Gasteiger partial charge in [-0.15, -0.1) is 0 Å². The van der Waals surface area contributed by atoms with Crippen LogP contribution in [0.15, 0.2) is 46.1 Å². The number of hydrogen-bond donors (Lipinski definition) is 2. The van der Waals surface area contributed by atoms with Crippen LogP contribution < -0.4 is 0 Å². The minimum atomic E-state index is -1.06. The molecule has 2 unspecified atom stereocenters. The summed E-state index contributed by atoms with van der Waals surface area (Å²) in [6.07, 6.45) is 12.1. The topological polar surface area (TPSA) is 66.8 Å². The van der Waals surface area contributed by atoms with Crippen LogP contribution in [0.1, 0.15) is 86.0 Å². The molecule has 4 nitrogen and oxygen atoms in total. The van der Waals surface area contributed by atoms with E-state index in [1.807, 2.05) is 0 Å². The van der Waals surface area contributed by atoms with Crippen molar-refractivity contribution in [3.8, 4) is 0 Å². The van der Waals surface area contributed by atoms with Crippen molar-refractivity contribution in [2.24, 2.45) is 5.41 Å². The van der Waals surface area contributed by atoms with Gasteiger partial charge in [-0.25, -0.2) is 4.79 Å².